The van der Waals surface area contributed by atoms with Crippen LogP contribution < -0.4 is 0 Å². The largest absolute Gasteiger partial charge is 0.235 e. The van der Waals surface area contributed by atoms with E-state index < -0.39 is 0 Å². The van der Waals surface area contributed by atoms with Crippen LogP contribution in [0, 0.1) is 0 Å². The summed E-state index contributed by atoms with van der Waals surface area (Å²) < 4.78 is 1.69. The van der Waals surface area contributed by atoms with Crippen LogP contribution in [0.25, 0.3) is 10.7 Å². The lowest BCUT2D eigenvalue weighted by molar-refractivity contribution is 1.17. The van der Waals surface area contributed by atoms with E-state index in [0.717, 1.165) is 9.35 Å². The summed E-state index contributed by atoms with van der Waals surface area (Å²) in [6, 6.07) is 1.96. The Kier molecular flexibility index (Phi) is 3.21. The molecule has 72 valence electrons. The van der Waals surface area contributed by atoms with E-state index in [0.29, 0.717) is 15.5 Å². The summed E-state index contributed by atoms with van der Waals surface area (Å²) in [5.74, 6) is 0.639. The molecule has 2 rings (SSSR count). The van der Waals surface area contributed by atoms with Crippen LogP contribution in [0.5, 0.6) is 0 Å². The fraction of sp³-hybridized carbons (Fsp3) is 0. The molecule has 0 aromatic carbocycles. The average Bonchev–Trinajstić information content (AvgIpc) is 2.57. The molecule has 0 fully saturated rings. The standard InChI is InChI=1S/C8H3Br2ClN2S/c9-4-1-2-14-6(4)8-12-3-5(10)7(11)13-8/h1-3H. The number of hydrogen-bond acceptors (Lipinski definition) is 3. The second-order valence-corrected chi connectivity index (χ2v) is 5.41. The Bertz CT molecular complexity index is 472. The molecule has 0 aliphatic heterocycles. The predicted molar refractivity (Wildman–Crippen MR) is 65.8 cm³/mol. The Morgan fingerprint density at radius 3 is 2.64 bits per heavy atom. The Hall–Kier alpha value is 0.0300. The van der Waals surface area contributed by atoms with Gasteiger partial charge in [0.2, 0.25) is 0 Å². The van der Waals surface area contributed by atoms with E-state index in [1.165, 1.54) is 0 Å². The third-order valence-electron chi connectivity index (χ3n) is 1.52. The third-order valence-corrected chi connectivity index (χ3v) is 4.45. The molecule has 2 heterocycles. The fourth-order valence-corrected chi connectivity index (χ4v) is 2.72. The van der Waals surface area contributed by atoms with Crippen molar-refractivity contribution >= 4 is 54.8 Å². The number of nitrogens with zero attached hydrogens (tertiary/aromatic N) is 2. The van der Waals surface area contributed by atoms with Crippen LogP contribution in [0.1, 0.15) is 0 Å². The van der Waals surface area contributed by atoms with Gasteiger partial charge in [-0.2, -0.15) is 0 Å². The number of hydrogen-bond donors (Lipinski definition) is 0. The lowest BCUT2D eigenvalue weighted by Crippen LogP contribution is -1.87. The highest BCUT2D eigenvalue weighted by molar-refractivity contribution is 9.11. The van der Waals surface area contributed by atoms with E-state index in [-0.39, 0.29) is 0 Å². The highest BCUT2D eigenvalue weighted by Gasteiger charge is 2.09. The zero-order valence-corrected chi connectivity index (χ0v) is 11.4. The van der Waals surface area contributed by atoms with Crippen LogP contribution in [0.3, 0.4) is 0 Å². The molecule has 0 saturated carbocycles. The molecule has 2 nitrogen and oxygen atoms in total. The van der Waals surface area contributed by atoms with Gasteiger partial charge in [0, 0.05) is 10.7 Å². The maximum atomic E-state index is 5.87. The van der Waals surface area contributed by atoms with Crippen LogP contribution >= 0.6 is 54.8 Å². The second-order valence-electron chi connectivity index (χ2n) is 2.43. The lowest BCUT2D eigenvalue weighted by atomic mass is 10.4. The van der Waals surface area contributed by atoms with Gasteiger partial charge in [-0.05, 0) is 43.3 Å². The van der Waals surface area contributed by atoms with Crippen molar-refractivity contribution in [1.29, 1.82) is 0 Å². The average molecular weight is 354 g/mol. The van der Waals surface area contributed by atoms with E-state index in [2.05, 4.69) is 41.8 Å². The number of rotatable bonds is 1. The molecular weight excluding hydrogens is 351 g/mol. The highest BCUT2D eigenvalue weighted by atomic mass is 79.9. The van der Waals surface area contributed by atoms with Crippen molar-refractivity contribution in [2.45, 2.75) is 0 Å². The maximum Gasteiger partial charge on any atom is 0.172 e. The first kappa shape index (κ1) is 10.5. The quantitative estimate of drug-likeness (QED) is 0.710. The van der Waals surface area contributed by atoms with Crippen LogP contribution in [-0.2, 0) is 0 Å². The summed E-state index contributed by atoms with van der Waals surface area (Å²) in [7, 11) is 0. The molecule has 0 unspecified atom stereocenters. The Balaban J connectivity index is 2.53. The summed E-state index contributed by atoms with van der Waals surface area (Å²) in [6.07, 6.45) is 1.65. The summed E-state index contributed by atoms with van der Waals surface area (Å²) in [4.78, 5) is 9.33. The van der Waals surface area contributed by atoms with Gasteiger partial charge in [0.1, 0.15) is 5.15 Å². The first-order valence-corrected chi connectivity index (χ1v) is 6.44. The van der Waals surface area contributed by atoms with Crippen LogP contribution in [-0.4, -0.2) is 9.97 Å². The monoisotopic (exact) mass is 352 g/mol. The Morgan fingerprint density at radius 2 is 2.07 bits per heavy atom. The topological polar surface area (TPSA) is 25.8 Å². The van der Waals surface area contributed by atoms with Crippen molar-refractivity contribution in [3.8, 4) is 10.7 Å². The smallest absolute Gasteiger partial charge is 0.172 e. The summed E-state index contributed by atoms with van der Waals surface area (Å²) >= 11 is 14.1. The van der Waals surface area contributed by atoms with Crippen molar-refractivity contribution in [3.05, 3.63) is 31.7 Å². The zero-order chi connectivity index (χ0) is 10.1. The summed E-state index contributed by atoms with van der Waals surface area (Å²) in [5.41, 5.74) is 0. The van der Waals surface area contributed by atoms with E-state index >= 15 is 0 Å². The number of halogens is 3. The maximum absolute atomic E-state index is 5.87. The van der Waals surface area contributed by atoms with Crippen molar-refractivity contribution in [1.82, 2.24) is 9.97 Å². The summed E-state index contributed by atoms with van der Waals surface area (Å²) in [6.45, 7) is 0. The van der Waals surface area contributed by atoms with Crippen LogP contribution in [0.2, 0.25) is 5.15 Å². The summed E-state index contributed by atoms with van der Waals surface area (Å²) in [5, 5.41) is 2.40. The molecule has 2 aromatic heterocycles. The van der Waals surface area contributed by atoms with Crippen molar-refractivity contribution in [2.75, 3.05) is 0 Å². The van der Waals surface area contributed by atoms with E-state index in [1.807, 2.05) is 11.4 Å². The fourth-order valence-electron chi connectivity index (χ4n) is 0.909. The van der Waals surface area contributed by atoms with Gasteiger partial charge in [-0.25, -0.2) is 9.97 Å². The molecule has 2 aromatic rings. The van der Waals surface area contributed by atoms with Gasteiger partial charge in [0.25, 0.3) is 0 Å². The Labute approximate surface area is 107 Å². The molecule has 0 bridgehead atoms. The molecule has 0 amide bonds. The minimum Gasteiger partial charge on any atom is -0.235 e. The van der Waals surface area contributed by atoms with Gasteiger partial charge in [-0.1, -0.05) is 11.6 Å². The van der Waals surface area contributed by atoms with Crippen molar-refractivity contribution in [3.63, 3.8) is 0 Å². The van der Waals surface area contributed by atoms with Gasteiger partial charge in [-0.15, -0.1) is 11.3 Å². The lowest BCUT2D eigenvalue weighted by Gasteiger charge is -1.99. The highest BCUT2D eigenvalue weighted by Crippen LogP contribution is 2.32. The molecular formula is C8H3Br2ClN2S. The van der Waals surface area contributed by atoms with E-state index in [4.69, 9.17) is 11.6 Å². The molecule has 0 atom stereocenters. The molecule has 0 aliphatic carbocycles. The molecule has 0 radical (unpaired) electrons. The first-order valence-electron chi connectivity index (χ1n) is 3.60. The van der Waals surface area contributed by atoms with E-state index in [9.17, 15) is 0 Å². The van der Waals surface area contributed by atoms with Gasteiger partial charge in [-0.3, -0.25) is 0 Å². The molecule has 0 saturated heterocycles. The number of thiophene rings is 1. The first-order chi connectivity index (χ1) is 6.68. The molecule has 0 N–H and O–H groups in total. The second kappa shape index (κ2) is 4.26. The van der Waals surface area contributed by atoms with Crippen molar-refractivity contribution < 1.29 is 0 Å². The minimum atomic E-state index is 0.426. The number of aromatic nitrogens is 2. The van der Waals surface area contributed by atoms with Gasteiger partial charge in [0.05, 0.1) is 9.35 Å². The predicted octanol–water partition coefficient (Wildman–Crippen LogP) is 4.38. The van der Waals surface area contributed by atoms with Crippen molar-refractivity contribution in [2.24, 2.45) is 0 Å². The normalized spacial score (nSPS) is 10.5. The van der Waals surface area contributed by atoms with E-state index in [1.54, 1.807) is 17.5 Å². The van der Waals surface area contributed by atoms with Crippen LogP contribution in [0.15, 0.2) is 26.6 Å². The van der Waals surface area contributed by atoms with Gasteiger partial charge < -0.3 is 0 Å². The molecule has 0 aliphatic rings. The Morgan fingerprint density at radius 1 is 1.29 bits per heavy atom. The van der Waals surface area contributed by atoms with Gasteiger partial charge >= 0.3 is 0 Å². The molecule has 6 heteroatoms. The SMILES string of the molecule is Clc1nc(-c2sccc2Br)ncc1Br. The zero-order valence-electron chi connectivity index (χ0n) is 6.67. The van der Waals surface area contributed by atoms with Crippen LogP contribution in [0.4, 0.5) is 0 Å². The van der Waals surface area contributed by atoms with Gasteiger partial charge in [0.15, 0.2) is 5.82 Å². The molecule has 14 heavy (non-hydrogen) atoms. The minimum absolute atomic E-state index is 0.426. The molecule has 0 spiro atoms. The third kappa shape index (κ3) is 2.00.